The highest BCUT2D eigenvalue weighted by Crippen LogP contribution is 2.36. The lowest BCUT2D eigenvalue weighted by molar-refractivity contribution is 0.0652. The van der Waals surface area contributed by atoms with E-state index in [0.29, 0.717) is 5.56 Å². The summed E-state index contributed by atoms with van der Waals surface area (Å²) in [6, 6.07) is 6.05. The Balaban J connectivity index is 2.49. The van der Waals surface area contributed by atoms with Gasteiger partial charge in [-0.1, -0.05) is 11.2 Å². The van der Waals surface area contributed by atoms with Crippen molar-refractivity contribution in [1.29, 1.82) is 0 Å². The second-order valence-electron chi connectivity index (χ2n) is 3.24. The highest BCUT2D eigenvalue weighted by molar-refractivity contribution is 5.86. The normalized spacial score (nSPS) is 10.2. The van der Waals surface area contributed by atoms with Gasteiger partial charge >= 0.3 is 5.97 Å². The van der Waals surface area contributed by atoms with Gasteiger partial charge in [-0.3, -0.25) is 0 Å². The molecule has 0 saturated carbocycles. The molecule has 17 heavy (non-hydrogen) atoms. The summed E-state index contributed by atoms with van der Waals surface area (Å²) in [6.07, 6.45) is 0. The number of carboxylic acids is 1. The van der Waals surface area contributed by atoms with E-state index >= 15 is 0 Å². The Bertz CT molecular complexity index is 561. The number of ether oxygens (including phenoxy) is 1. The molecule has 0 atom stereocenters. The fourth-order valence-corrected chi connectivity index (χ4v) is 1.40. The van der Waals surface area contributed by atoms with Gasteiger partial charge in [-0.25, -0.2) is 4.79 Å². The molecule has 0 bridgehead atoms. The fraction of sp³-hybridized carbons (Fsp3) is 0.0909. The monoisotopic (exact) mass is 235 g/mol. The molecule has 0 aliphatic heterocycles. The molecule has 0 spiro atoms. The van der Waals surface area contributed by atoms with Gasteiger partial charge in [0.2, 0.25) is 5.76 Å². The van der Waals surface area contributed by atoms with E-state index in [0.717, 1.165) is 0 Å². The van der Waals surface area contributed by atoms with Crippen LogP contribution in [0.5, 0.6) is 11.5 Å². The number of aromatic carboxylic acids is 1. The third-order valence-corrected chi connectivity index (χ3v) is 2.22. The molecule has 0 fully saturated rings. The van der Waals surface area contributed by atoms with Gasteiger partial charge < -0.3 is 19.5 Å². The molecule has 2 N–H and O–H groups in total. The maximum atomic E-state index is 10.6. The van der Waals surface area contributed by atoms with E-state index in [1.165, 1.54) is 13.2 Å². The fourth-order valence-electron chi connectivity index (χ4n) is 1.40. The first-order valence-electron chi connectivity index (χ1n) is 4.70. The number of hydrogen-bond donors (Lipinski definition) is 2. The van der Waals surface area contributed by atoms with Crippen molar-refractivity contribution in [2.45, 2.75) is 0 Å². The number of phenols is 1. The molecule has 1 heterocycles. The molecule has 2 rings (SSSR count). The van der Waals surface area contributed by atoms with Crippen molar-refractivity contribution >= 4 is 5.97 Å². The first kappa shape index (κ1) is 11.0. The predicted octanol–water partition coefficient (Wildman–Crippen LogP) is 1.75. The summed E-state index contributed by atoms with van der Waals surface area (Å²) < 4.78 is 9.54. The lowest BCUT2D eigenvalue weighted by Gasteiger charge is -2.05. The topological polar surface area (TPSA) is 92.8 Å². The molecule has 0 unspecified atom stereocenters. The van der Waals surface area contributed by atoms with Gasteiger partial charge in [-0.05, 0) is 12.1 Å². The van der Waals surface area contributed by atoms with E-state index in [9.17, 15) is 9.90 Å². The van der Waals surface area contributed by atoms with Gasteiger partial charge in [0, 0.05) is 11.6 Å². The summed E-state index contributed by atoms with van der Waals surface area (Å²) in [5.41, 5.74) is 0.583. The zero-order valence-electron chi connectivity index (χ0n) is 8.88. The number of aromatic nitrogens is 1. The Morgan fingerprint density at radius 3 is 2.82 bits per heavy atom. The largest absolute Gasteiger partial charge is 0.504 e. The van der Waals surface area contributed by atoms with E-state index in [1.54, 1.807) is 18.2 Å². The van der Waals surface area contributed by atoms with Crippen LogP contribution in [-0.2, 0) is 0 Å². The van der Waals surface area contributed by atoms with Crippen molar-refractivity contribution in [2.75, 3.05) is 7.11 Å². The maximum absolute atomic E-state index is 10.6. The van der Waals surface area contributed by atoms with Gasteiger partial charge in [-0.2, -0.15) is 0 Å². The number of nitrogens with zero attached hydrogens (tertiary/aromatic N) is 1. The number of aromatic hydroxyl groups is 1. The molecule has 0 amide bonds. The van der Waals surface area contributed by atoms with E-state index in [4.69, 9.17) is 9.84 Å². The number of para-hydroxylation sites is 1. The lowest BCUT2D eigenvalue weighted by Crippen LogP contribution is -1.91. The lowest BCUT2D eigenvalue weighted by atomic mass is 10.1. The van der Waals surface area contributed by atoms with E-state index in [1.807, 2.05) is 0 Å². The number of benzene rings is 1. The molecular formula is C11H9NO5. The number of carbonyl (C=O) groups is 1. The van der Waals surface area contributed by atoms with Crippen LogP contribution < -0.4 is 4.74 Å². The number of carboxylic acid groups (broad SMARTS) is 1. The second kappa shape index (κ2) is 4.17. The van der Waals surface area contributed by atoms with Crippen LogP contribution in [0.15, 0.2) is 28.8 Å². The van der Waals surface area contributed by atoms with E-state index < -0.39 is 5.97 Å². The van der Waals surface area contributed by atoms with Crippen molar-refractivity contribution in [3.8, 4) is 22.8 Å². The number of phenolic OH excluding ortho intramolecular Hbond substituents is 1. The van der Waals surface area contributed by atoms with Gasteiger partial charge in [0.15, 0.2) is 11.5 Å². The van der Waals surface area contributed by atoms with Crippen molar-refractivity contribution < 1.29 is 24.3 Å². The number of rotatable bonds is 3. The zero-order chi connectivity index (χ0) is 12.4. The van der Waals surface area contributed by atoms with E-state index in [-0.39, 0.29) is 23.0 Å². The molecule has 1 aromatic carbocycles. The Hall–Kier alpha value is -2.50. The van der Waals surface area contributed by atoms with Crippen LogP contribution >= 0.6 is 0 Å². The standard InChI is InChI=1S/C11H9NO5/c1-16-8-4-2-3-6(10(8)13)7-5-9(11(14)15)17-12-7/h2-5,13H,1H3,(H,14,15). The van der Waals surface area contributed by atoms with E-state index in [2.05, 4.69) is 9.68 Å². The van der Waals surface area contributed by atoms with Crippen LogP contribution in [0, 0.1) is 0 Å². The second-order valence-corrected chi connectivity index (χ2v) is 3.24. The summed E-state index contributed by atoms with van der Waals surface area (Å²) in [7, 11) is 1.42. The summed E-state index contributed by atoms with van der Waals surface area (Å²) in [5, 5.41) is 22.1. The molecule has 0 aliphatic carbocycles. The van der Waals surface area contributed by atoms with Gasteiger partial charge in [0.05, 0.1) is 7.11 Å². The quantitative estimate of drug-likeness (QED) is 0.841. The number of methoxy groups -OCH3 is 1. The maximum Gasteiger partial charge on any atom is 0.374 e. The van der Waals surface area contributed by atoms with Crippen LogP contribution in [0.1, 0.15) is 10.6 Å². The summed E-state index contributed by atoms with van der Waals surface area (Å²) in [6.45, 7) is 0. The van der Waals surface area contributed by atoms with Crippen LogP contribution in [0.2, 0.25) is 0 Å². The molecule has 0 radical (unpaired) electrons. The van der Waals surface area contributed by atoms with Crippen molar-refractivity contribution in [2.24, 2.45) is 0 Å². The first-order chi connectivity index (χ1) is 8.13. The third-order valence-electron chi connectivity index (χ3n) is 2.22. The summed E-state index contributed by atoms with van der Waals surface area (Å²) in [4.78, 5) is 10.6. The average Bonchev–Trinajstić information content (AvgIpc) is 2.78. The Kier molecular flexibility index (Phi) is 2.70. The van der Waals surface area contributed by atoms with Crippen molar-refractivity contribution in [1.82, 2.24) is 5.16 Å². The Labute approximate surface area is 96.0 Å². The minimum atomic E-state index is -1.22. The minimum Gasteiger partial charge on any atom is -0.504 e. The number of hydrogen-bond acceptors (Lipinski definition) is 5. The van der Waals surface area contributed by atoms with Crippen molar-refractivity contribution in [3.63, 3.8) is 0 Å². The first-order valence-corrected chi connectivity index (χ1v) is 4.70. The summed E-state index contributed by atoms with van der Waals surface area (Å²) >= 11 is 0. The molecule has 0 saturated heterocycles. The average molecular weight is 235 g/mol. The van der Waals surface area contributed by atoms with Crippen LogP contribution in [0.25, 0.3) is 11.3 Å². The summed E-state index contributed by atoms with van der Waals surface area (Å²) in [5.74, 6) is -1.34. The Morgan fingerprint density at radius 1 is 1.47 bits per heavy atom. The van der Waals surface area contributed by atoms with Crippen LogP contribution in [-0.4, -0.2) is 28.4 Å². The smallest absolute Gasteiger partial charge is 0.374 e. The highest BCUT2D eigenvalue weighted by atomic mass is 16.5. The van der Waals surface area contributed by atoms with Gasteiger partial charge in [-0.15, -0.1) is 0 Å². The van der Waals surface area contributed by atoms with Crippen LogP contribution in [0.3, 0.4) is 0 Å². The molecule has 0 aliphatic rings. The third kappa shape index (κ3) is 1.92. The molecule has 2 aromatic rings. The molecule has 88 valence electrons. The van der Waals surface area contributed by atoms with Crippen molar-refractivity contribution in [3.05, 3.63) is 30.0 Å². The minimum absolute atomic E-state index is 0.111. The predicted molar refractivity (Wildman–Crippen MR) is 57.1 cm³/mol. The SMILES string of the molecule is COc1cccc(-c2cc(C(=O)O)on2)c1O. The van der Waals surface area contributed by atoms with Gasteiger partial charge in [0.25, 0.3) is 0 Å². The molecule has 6 heteroatoms. The molecule has 6 nitrogen and oxygen atoms in total. The van der Waals surface area contributed by atoms with Crippen LogP contribution in [0.4, 0.5) is 0 Å². The zero-order valence-corrected chi connectivity index (χ0v) is 8.88. The molecule has 1 aromatic heterocycles. The highest BCUT2D eigenvalue weighted by Gasteiger charge is 2.16. The van der Waals surface area contributed by atoms with Gasteiger partial charge in [0.1, 0.15) is 5.69 Å². The molecular weight excluding hydrogens is 226 g/mol. The Morgan fingerprint density at radius 2 is 2.24 bits per heavy atom.